The first kappa shape index (κ1) is 12.7. The molecule has 0 aliphatic carbocycles. The van der Waals surface area contributed by atoms with Crippen LogP contribution in [0.5, 0.6) is 0 Å². The average Bonchev–Trinajstić information content (AvgIpc) is 2.95. The fourth-order valence-electron chi connectivity index (χ4n) is 2.17. The van der Waals surface area contributed by atoms with E-state index in [9.17, 15) is 0 Å². The molecule has 1 unspecified atom stereocenters. The molecule has 18 heavy (non-hydrogen) atoms. The SMILES string of the molecule is Brc1csc(CNCC2Cc3ccccc3S2)c1. The van der Waals surface area contributed by atoms with Crippen molar-refractivity contribution in [2.24, 2.45) is 0 Å². The van der Waals surface area contributed by atoms with Crippen LogP contribution in [0.1, 0.15) is 10.4 Å². The van der Waals surface area contributed by atoms with E-state index >= 15 is 0 Å². The molecule has 94 valence electrons. The Balaban J connectivity index is 1.48. The van der Waals surface area contributed by atoms with E-state index in [1.807, 2.05) is 11.8 Å². The lowest BCUT2D eigenvalue weighted by Gasteiger charge is -2.09. The van der Waals surface area contributed by atoms with Crippen LogP contribution in [0.2, 0.25) is 0 Å². The molecule has 1 aliphatic heterocycles. The highest BCUT2D eigenvalue weighted by molar-refractivity contribution is 9.10. The Morgan fingerprint density at radius 1 is 1.33 bits per heavy atom. The van der Waals surface area contributed by atoms with Crippen LogP contribution in [0.15, 0.2) is 45.1 Å². The highest BCUT2D eigenvalue weighted by Crippen LogP contribution is 2.36. The molecule has 1 N–H and O–H groups in total. The molecule has 0 spiro atoms. The largest absolute Gasteiger partial charge is 0.311 e. The average molecular weight is 340 g/mol. The monoisotopic (exact) mass is 339 g/mol. The molecule has 1 aliphatic rings. The summed E-state index contributed by atoms with van der Waals surface area (Å²) in [6.45, 7) is 2.05. The van der Waals surface area contributed by atoms with E-state index in [0.717, 1.165) is 13.1 Å². The minimum atomic E-state index is 0.686. The van der Waals surface area contributed by atoms with Crippen molar-refractivity contribution in [3.63, 3.8) is 0 Å². The lowest BCUT2D eigenvalue weighted by Crippen LogP contribution is -2.23. The first-order valence-corrected chi connectivity index (χ1v) is 8.55. The molecule has 0 amide bonds. The first-order valence-electron chi connectivity index (χ1n) is 5.99. The molecule has 0 saturated carbocycles. The molecule has 2 heterocycles. The molecular weight excluding hydrogens is 326 g/mol. The Morgan fingerprint density at radius 2 is 2.22 bits per heavy atom. The van der Waals surface area contributed by atoms with Gasteiger partial charge in [-0.2, -0.15) is 0 Å². The van der Waals surface area contributed by atoms with Crippen LogP contribution in [-0.2, 0) is 13.0 Å². The van der Waals surface area contributed by atoms with Crippen molar-refractivity contribution in [2.75, 3.05) is 6.54 Å². The van der Waals surface area contributed by atoms with E-state index in [2.05, 4.69) is 57.0 Å². The van der Waals surface area contributed by atoms with Gasteiger partial charge < -0.3 is 5.32 Å². The Bertz CT molecular complexity index is 513. The number of benzene rings is 1. The maximum atomic E-state index is 3.56. The predicted octanol–water partition coefficient (Wildman–Crippen LogP) is 4.32. The van der Waals surface area contributed by atoms with Crippen LogP contribution in [0.25, 0.3) is 0 Å². The van der Waals surface area contributed by atoms with Crippen molar-refractivity contribution in [1.29, 1.82) is 0 Å². The van der Waals surface area contributed by atoms with Crippen LogP contribution in [0.3, 0.4) is 0 Å². The number of rotatable bonds is 4. The van der Waals surface area contributed by atoms with Gasteiger partial charge in [0.1, 0.15) is 0 Å². The highest BCUT2D eigenvalue weighted by Gasteiger charge is 2.20. The molecule has 1 aromatic heterocycles. The maximum Gasteiger partial charge on any atom is 0.0300 e. The molecule has 0 bridgehead atoms. The fraction of sp³-hybridized carbons (Fsp3) is 0.286. The molecule has 0 radical (unpaired) electrons. The summed E-state index contributed by atoms with van der Waals surface area (Å²) in [7, 11) is 0. The third-order valence-electron chi connectivity index (χ3n) is 3.01. The normalized spacial score (nSPS) is 17.9. The highest BCUT2D eigenvalue weighted by atomic mass is 79.9. The van der Waals surface area contributed by atoms with Crippen LogP contribution < -0.4 is 5.32 Å². The molecule has 2 aromatic rings. The minimum absolute atomic E-state index is 0.686. The third-order valence-corrected chi connectivity index (χ3v) is 6.02. The number of hydrogen-bond acceptors (Lipinski definition) is 3. The van der Waals surface area contributed by atoms with Crippen molar-refractivity contribution in [3.8, 4) is 0 Å². The smallest absolute Gasteiger partial charge is 0.0300 e. The van der Waals surface area contributed by atoms with Crippen molar-refractivity contribution in [3.05, 3.63) is 50.6 Å². The number of fused-ring (bicyclic) bond motifs is 1. The molecule has 1 atom stereocenters. The van der Waals surface area contributed by atoms with Gasteiger partial charge in [0.05, 0.1) is 0 Å². The molecule has 0 saturated heterocycles. The summed E-state index contributed by atoms with van der Waals surface area (Å²) in [4.78, 5) is 2.85. The lowest BCUT2D eigenvalue weighted by atomic mass is 10.1. The van der Waals surface area contributed by atoms with E-state index in [4.69, 9.17) is 0 Å². The van der Waals surface area contributed by atoms with Gasteiger partial charge in [0.2, 0.25) is 0 Å². The van der Waals surface area contributed by atoms with E-state index < -0.39 is 0 Å². The molecule has 0 fully saturated rings. The summed E-state index contributed by atoms with van der Waals surface area (Å²) < 4.78 is 1.19. The van der Waals surface area contributed by atoms with Gasteiger partial charge in [-0.05, 0) is 40.0 Å². The maximum absolute atomic E-state index is 3.56. The van der Waals surface area contributed by atoms with E-state index in [1.165, 1.54) is 26.2 Å². The van der Waals surface area contributed by atoms with Gasteiger partial charge in [0.15, 0.2) is 0 Å². The zero-order valence-electron chi connectivity index (χ0n) is 9.86. The van der Waals surface area contributed by atoms with Gasteiger partial charge in [0.25, 0.3) is 0 Å². The van der Waals surface area contributed by atoms with E-state index in [0.29, 0.717) is 5.25 Å². The van der Waals surface area contributed by atoms with Gasteiger partial charge in [-0.1, -0.05) is 18.2 Å². The van der Waals surface area contributed by atoms with Crippen molar-refractivity contribution < 1.29 is 0 Å². The number of hydrogen-bond donors (Lipinski definition) is 1. The fourth-order valence-corrected chi connectivity index (χ4v) is 4.87. The van der Waals surface area contributed by atoms with E-state index in [1.54, 1.807) is 11.3 Å². The second kappa shape index (κ2) is 5.78. The zero-order chi connectivity index (χ0) is 12.4. The summed E-state index contributed by atoms with van der Waals surface area (Å²) in [5, 5.41) is 6.38. The second-order valence-electron chi connectivity index (χ2n) is 4.41. The molecule has 3 rings (SSSR count). The Hall–Kier alpha value is -0.290. The predicted molar refractivity (Wildman–Crippen MR) is 83.5 cm³/mol. The molecule has 1 aromatic carbocycles. The summed E-state index contributed by atoms with van der Waals surface area (Å²) >= 11 is 7.30. The Morgan fingerprint density at radius 3 is 3.00 bits per heavy atom. The van der Waals surface area contributed by atoms with Gasteiger partial charge in [-0.15, -0.1) is 23.1 Å². The number of nitrogens with one attached hydrogen (secondary N) is 1. The van der Waals surface area contributed by atoms with Crippen LogP contribution >= 0.6 is 39.0 Å². The number of halogens is 1. The summed E-state index contributed by atoms with van der Waals surface area (Å²) in [5.74, 6) is 0. The summed E-state index contributed by atoms with van der Waals surface area (Å²) in [5.41, 5.74) is 1.51. The van der Waals surface area contributed by atoms with Gasteiger partial charge in [-0.3, -0.25) is 0 Å². The first-order chi connectivity index (χ1) is 8.81. The zero-order valence-corrected chi connectivity index (χ0v) is 13.1. The van der Waals surface area contributed by atoms with Crippen molar-refractivity contribution >= 4 is 39.0 Å². The van der Waals surface area contributed by atoms with Gasteiger partial charge in [-0.25, -0.2) is 0 Å². The van der Waals surface area contributed by atoms with Crippen molar-refractivity contribution in [1.82, 2.24) is 5.32 Å². The standard InChI is InChI=1S/C14H14BrNS2/c15-11-6-12(17-9-11)7-16-8-13-5-10-3-1-2-4-14(10)18-13/h1-4,6,9,13,16H,5,7-8H2. The van der Waals surface area contributed by atoms with Crippen LogP contribution in [-0.4, -0.2) is 11.8 Å². The minimum Gasteiger partial charge on any atom is -0.311 e. The molecule has 4 heteroatoms. The quantitative estimate of drug-likeness (QED) is 0.890. The summed E-state index contributed by atoms with van der Waals surface area (Å²) in [6.07, 6.45) is 1.20. The number of thioether (sulfide) groups is 1. The topological polar surface area (TPSA) is 12.0 Å². The number of thiophene rings is 1. The Kier molecular flexibility index (Phi) is 4.09. The summed E-state index contributed by atoms with van der Waals surface area (Å²) in [6, 6.07) is 10.9. The molecule has 1 nitrogen and oxygen atoms in total. The van der Waals surface area contributed by atoms with Crippen molar-refractivity contribution in [2.45, 2.75) is 23.1 Å². The third kappa shape index (κ3) is 2.99. The van der Waals surface area contributed by atoms with Gasteiger partial charge in [0, 0.05) is 38.0 Å². The van der Waals surface area contributed by atoms with Gasteiger partial charge >= 0.3 is 0 Å². The lowest BCUT2D eigenvalue weighted by molar-refractivity contribution is 0.670. The van der Waals surface area contributed by atoms with E-state index in [-0.39, 0.29) is 0 Å². The van der Waals surface area contributed by atoms with Crippen LogP contribution in [0, 0.1) is 0 Å². The van der Waals surface area contributed by atoms with Crippen LogP contribution in [0.4, 0.5) is 0 Å². The Labute approximate surface area is 124 Å². The molecular formula is C14H14BrNS2. The second-order valence-corrected chi connectivity index (χ2v) is 7.67.